The molecule has 0 saturated carbocycles. The minimum Gasteiger partial charge on any atom is -0.497 e. The van der Waals surface area contributed by atoms with E-state index in [1.807, 2.05) is 60.7 Å². The van der Waals surface area contributed by atoms with Crippen molar-refractivity contribution < 1.29 is 28.7 Å². The Kier molecular flexibility index (Phi) is 7.26. The molecule has 0 fully saturated rings. The maximum Gasteiger partial charge on any atom is 0.197 e. The third kappa shape index (κ3) is 5.04. The second-order valence-electron chi connectivity index (χ2n) is 10.2. The van der Waals surface area contributed by atoms with Crippen molar-refractivity contribution >= 4 is 23.1 Å². The van der Waals surface area contributed by atoms with Crippen LogP contribution in [-0.2, 0) is 0 Å². The summed E-state index contributed by atoms with van der Waals surface area (Å²) < 4.78 is 10.4. The fourth-order valence-corrected chi connectivity index (χ4v) is 5.34. The van der Waals surface area contributed by atoms with Gasteiger partial charge in [0.05, 0.1) is 25.4 Å². The molecular weight excluding hydrogens is 540 g/mol. The van der Waals surface area contributed by atoms with Crippen LogP contribution in [0.2, 0.25) is 0 Å². The van der Waals surface area contributed by atoms with Gasteiger partial charge < -0.3 is 9.47 Å². The summed E-state index contributed by atoms with van der Waals surface area (Å²) in [5, 5.41) is 0. The summed E-state index contributed by atoms with van der Waals surface area (Å²) in [6.45, 7) is 0. The zero-order valence-corrected chi connectivity index (χ0v) is 23.5. The van der Waals surface area contributed by atoms with E-state index in [2.05, 4.69) is 0 Å². The predicted octanol–water partition coefficient (Wildman–Crippen LogP) is 7.30. The highest BCUT2D eigenvalue weighted by molar-refractivity contribution is 6.40. The number of ketones is 4. The molecule has 0 aromatic heterocycles. The Hall–Kier alpha value is -5.62. The third-order valence-corrected chi connectivity index (χ3v) is 7.70. The molecule has 0 heterocycles. The summed E-state index contributed by atoms with van der Waals surface area (Å²) in [4.78, 5) is 52.1. The SMILES string of the molecule is COc1ccc(-c2ccc3c(c2)C(=O)C(=CC=CCC=C2C(=O)c4ccc(-c5ccc(OC)cc5)cc4C2=O)C3=O)cc1. The van der Waals surface area contributed by atoms with E-state index in [1.54, 1.807) is 56.7 Å². The van der Waals surface area contributed by atoms with Crippen molar-refractivity contribution in [3.63, 3.8) is 0 Å². The number of allylic oxidation sites excluding steroid dienone is 6. The molecule has 6 nitrogen and oxygen atoms in total. The average Bonchev–Trinajstić information content (AvgIpc) is 3.43. The summed E-state index contributed by atoms with van der Waals surface area (Å²) in [5.41, 5.74) is 5.18. The van der Waals surface area contributed by atoms with Gasteiger partial charge in [-0.2, -0.15) is 0 Å². The van der Waals surface area contributed by atoms with E-state index < -0.39 is 0 Å². The normalized spacial score (nSPS) is 16.0. The maximum absolute atomic E-state index is 13.1. The van der Waals surface area contributed by atoms with Crippen LogP contribution in [0, 0.1) is 0 Å². The van der Waals surface area contributed by atoms with Crippen molar-refractivity contribution in [2.75, 3.05) is 14.2 Å². The molecule has 6 heteroatoms. The first kappa shape index (κ1) is 27.5. The molecule has 0 bridgehead atoms. The van der Waals surface area contributed by atoms with E-state index in [0.29, 0.717) is 22.3 Å². The molecule has 0 N–H and O–H groups in total. The van der Waals surface area contributed by atoms with Crippen LogP contribution in [0.25, 0.3) is 22.3 Å². The molecule has 2 aliphatic rings. The minimum atomic E-state index is -0.331. The fourth-order valence-electron chi connectivity index (χ4n) is 5.34. The van der Waals surface area contributed by atoms with Gasteiger partial charge in [-0.3, -0.25) is 19.2 Å². The predicted molar refractivity (Wildman–Crippen MR) is 164 cm³/mol. The Bertz CT molecular complexity index is 1900. The number of methoxy groups -OCH3 is 2. The molecule has 0 unspecified atom stereocenters. The number of hydrogen-bond donors (Lipinski definition) is 0. The highest BCUT2D eigenvalue weighted by Gasteiger charge is 2.34. The first-order valence-electron chi connectivity index (χ1n) is 13.7. The van der Waals surface area contributed by atoms with Gasteiger partial charge in [0, 0.05) is 22.3 Å². The number of fused-ring (bicyclic) bond motifs is 2. The van der Waals surface area contributed by atoms with E-state index in [1.165, 1.54) is 6.08 Å². The topological polar surface area (TPSA) is 86.7 Å². The number of ether oxygens (including phenoxy) is 2. The monoisotopic (exact) mass is 566 g/mol. The molecular formula is C37H26O6. The number of hydrogen-bond acceptors (Lipinski definition) is 6. The van der Waals surface area contributed by atoms with Gasteiger partial charge in [-0.25, -0.2) is 0 Å². The van der Waals surface area contributed by atoms with Crippen molar-refractivity contribution in [2.24, 2.45) is 0 Å². The van der Waals surface area contributed by atoms with Crippen LogP contribution in [0.5, 0.6) is 11.5 Å². The van der Waals surface area contributed by atoms with Crippen LogP contribution < -0.4 is 9.47 Å². The Labute approximate surface area is 248 Å². The van der Waals surface area contributed by atoms with Gasteiger partial charge in [-0.1, -0.05) is 54.6 Å². The highest BCUT2D eigenvalue weighted by atomic mass is 16.5. The second kappa shape index (κ2) is 11.3. The highest BCUT2D eigenvalue weighted by Crippen LogP contribution is 2.33. The van der Waals surface area contributed by atoms with Crippen molar-refractivity contribution in [2.45, 2.75) is 6.42 Å². The van der Waals surface area contributed by atoms with Gasteiger partial charge in [0.25, 0.3) is 0 Å². The van der Waals surface area contributed by atoms with Gasteiger partial charge in [-0.05, 0) is 83.3 Å². The standard InChI is InChI=1S/C37H26O6/c1-42-26-14-8-22(9-15-26)24-12-18-28-32(20-24)36(40)30(34(28)38)6-4-3-5-7-31-35(39)29-19-13-25(21-33(29)37(31)41)23-10-16-27(43-2)17-11-23/h3-4,6-21H,5H2,1-2H3. The van der Waals surface area contributed by atoms with E-state index in [9.17, 15) is 19.2 Å². The minimum absolute atomic E-state index is 0.0808. The van der Waals surface area contributed by atoms with E-state index in [-0.39, 0.29) is 40.7 Å². The molecule has 43 heavy (non-hydrogen) atoms. The first-order chi connectivity index (χ1) is 20.9. The zero-order chi connectivity index (χ0) is 30.1. The van der Waals surface area contributed by atoms with E-state index in [0.717, 1.165) is 33.8 Å². The molecule has 0 spiro atoms. The number of Topliss-reactive ketones (excluding diaryl/α,β-unsaturated/α-hetero) is 4. The quantitative estimate of drug-likeness (QED) is 0.172. The van der Waals surface area contributed by atoms with Crippen LogP contribution >= 0.6 is 0 Å². The molecule has 0 radical (unpaired) electrons. The molecule has 210 valence electrons. The molecule has 4 aromatic rings. The van der Waals surface area contributed by atoms with Crippen molar-refractivity contribution in [3.8, 4) is 33.8 Å². The van der Waals surface area contributed by atoms with Gasteiger partial charge in [0.15, 0.2) is 23.1 Å². The van der Waals surface area contributed by atoms with Gasteiger partial charge in [0.1, 0.15) is 11.5 Å². The van der Waals surface area contributed by atoms with Crippen LogP contribution in [0.15, 0.2) is 120 Å². The summed E-state index contributed by atoms with van der Waals surface area (Å²) in [7, 11) is 3.20. The Morgan fingerprint density at radius 1 is 0.512 bits per heavy atom. The van der Waals surface area contributed by atoms with Crippen LogP contribution in [0.3, 0.4) is 0 Å². The lowest BCUT2D eigenvalue weighted by Crippen LogP contribution is -2.00. The molecule has 0 saturated heterocycles. The number of carbonyl (C=O) groups excluding carboxylic acids is 4. The fraction of sp³-hybridized carbons (Fsp3) is 0.0811. The number of benzene rings is 4. The van der Waals surface area contributed by atoms with Gasteiger partial charge >= 0.3 is 0 Å². The Morgan fingerprint density at radius 2 is 0.930 bits per heavy atom. The summed E-state index contributed by atoms with van der Waals surface area (Å²) in [6.07, 6.45) is 6.67. The first-order valence-corrected chi connectivity index (χ1v) is 13.7. The third-order valence-electron chi connectivity index (χ3n) is 7.70. The Morgan fingerprint density at radius 3 is 1.42 bits per heavy atom. The lowest BCUT2D eigenvalue weighted by atomic mass is 10.00. The summed E-state index contributed by atoms with van der Waals surface area (Å²) in [6, 6.07) is 25.5. The molecule has 0 atom stereocenters. The van der Waals surface area contributed by atoms with Crippen molar-refractivity contribution in [1.82, 2.24) is 0 Å². The summed E-state index contributed by atoms with van der Waals surface area (Å²) in [5.74, 6) is 0.184. The van der Waals surface area contributed by atoms with E-state index in [4.69, 9.17) is 9.47 Å². The lowest BCUT2D eigenvalue weighted by molar-refractivity contribution is 0.0973. The smallest absolute Gasteiger partial charge is 0.197 e. The molecule has 6 rings (SSSR count). The molecule has 4 aromatic carbocycles. The lowest BCUT2D eigenvalue weighted by Gasteiger charge is -2.05. The summed E-state index contributed by atoms with van der Waals surface area (Å²) >= 11 is 0. The average molecular weight is 567 g/mol. The van der Waals surface area contributed by atoms with Crippen LogP contribution in [0.1, 0.15) is 47.9 Å². The van der Waals surface area contributed by atoms with Crippen molar-refractivity contribution in [1.29, 1.82) is 0 Å². The molecule has 0 aliphatic heterocycles. The van der Waals surface area contributed by atoms with Crippen LogP contribution in [0.4, 0.5) is 0 Å². The van der Waals surface area contributed by atoms with Crippen LogP contribution in [-0.4, -0.2) is 37.4 Å². The second-order valence-corrected chi connectivity index (χ2v) is 10.2. The zero-order valence-electron chi connectivity index (χ0n) is 23.5. The van der Waals surface area contributed by atoms with Crippen molar-refractivity contribution in [3.05, 3.63) is 143 Å². The Balaban J connectivity index is 1.15. The van der Waals surface area contributed by atoms with E-state index >= 15 is 0 Å². The number of rotatable bonds is 7. The molecule has 2 aliphatic carbocycles. The maximum atomic E-state index is 13.1. The number of carbonyl (C=O) groups is 4. The van der Waals surface area contributed by atoms with Gasteiger partial charge in [0.2, 0.25) is 0 Å². The largest absolute Gasteiger partial charge is 0.497 e. The van der Waals surface area contributed by atoms with Gasteiger partial charge in [-0.15, -0.1) is 0 Å². The molecule has 0 amide bonds.